The minimum Gasteiger partial charge on any atom is -0.375 e. The summed E-state index contributed by atoms with van der Waals surface area (Å²) >= 11 is 1.32. The Morgan fingerprint density at radius 3 is 2.75 bits per heavy atom. The quantitative estimate of drug-likeness (QED) is 0.870. The molecule has 7 heteroatoms. The SMILES string of the molecule is Nc1nc(C(=O)N2CC3(CCCNC3=O)C2)c(-c2ccccc2)s1. The Bertz CT molecular complexity index is 796. The largest absolute Gasteiger partial charge is 0.375 e. The summed E-state index contributed by atoms with van der Waals surface area (Å²) < 4.78 is 0. The zero-order chi connectivity index (χ0) is 16.7. The third-order valence-electron chi connectivity index (χ3n) is 4.76. The fourth-order valence-electron chi connectivity index (χ4n) is 3.48. The maximum Gasteiger partial charge on any atom is 0.274 e. The Balaban J connectivity index is 1.57. The first-order valence-corrected chi connectivity index (χ1v) is 8.80. The lowest BCUT2D eigenvalue weighted by atomic mass is 9.73. The molecular formula is C17H18N4O2S. The summed E-state index contributed by atoms with van der Waals surface area (Å²) in [6, 6.07) is 9.65. The van der Waals surface area contributed by atoms with Crippen molar-refractivity contribution in [3.63, 3.8) is 0 Å². The molecule has 0 saturated carbocycles. The van der Waals surface area contributed by atoms with Gasteiger partial charge in [-0.2, -0.15) is 0 Å². The van der Waals surface area contributed by atoms with Crippen LogP contribution in [0.2, 0.25) is 0 Å². The molecule has 0 atom stereocenters. The van der Waals surface area contributed by atoms with Gasteiger partial charge in [0.2, 0.25) is 5.91 Å². The minimum atomic E-state index is -0.400. The number of rotatable bonds is 2. The number of nitrogens with zero attached hydrogens (tertiary/aromatic N) is 2. The van der Waals surface area contributed by atoms with Crippen LogP contribution in [-0.4, -0.2) is 41.3 Å². The second kappa shape index (κ2) is 5.59. The number of likely N-dealkylation sites (tertiary alicyclic amines) is 1. The van der Waals surface area contributed by atoms with E-state index in [1.165, 1.54) is 11.3 Å². The number of piperidine rings is 1. The van der Waals surface area contributed by atoms with E-state index in [-0.39, 0.29) is 11.8 Å². The number of carbonyl (C=O) groups is 2. The summed E-state index contributed by atoms with van der Waals surface area (Å²) in [6.45, 7) is 1.65. The highest BCUT2D eigenvalue weighted by atomic mass is 32.1. The number of amides is 2. The molecule has 6 nitrogen and oxygen atoms in total. The average Bonchev–Trinajstić information content (AvgIpc) is 2.95. The lowest BCUT2D eigenvalue weighted by Crippen LogP contribution is -2.66. The smallest absolute Gasteiger partial charge is 0.274 e. The van der Waals surface area contributed by atoms with Gasteiger partial charge in [-0.1, -0.05) is 41.7 Å². The van der Waals surface area contributed by atoms with Crippen LogP contribution < -0.4 is 11.1 Å². The van der Waals surface area contributed by atoms with Crippen LogP contribution in [0.25, 0.3) is 10.4 Å². The zero-order valence-electron chi connectivity index (χ0n) is 13.1. The van der Waals surface area contributed by atoms with Gasteiger partial charge in [-0.3, -0.25) is 9.59 Å². The summed E-state index contributed by atoms with van der Waals surface area (Å²) in [4.78, 5) is 31.7. The normalized spacial score (nSPS) is 19.0. The van der Waals surface area contributed by atoms with Gasteiger partial charge in [0.15, 0.2) is 5.13 Å². The number of hydrogen-bond donors (Lipinski definition) is 2. The molecule has 2 amide bonds. The van der Waals surface area contributed by atoms with Crippen LogP contribution in [0.4, 0.5) is 5.13 Å². The zero-order valence-corrected chi connectivity index (χ0v) is 13.9. The molecule has 2 aliphatic rings. The van der Waals surface area contributed by atoms with Gasteiger partial charge in [0.05, 0.1) is 10.3 Å². The topological polar surface area (TPSA) is 88.3 Å². The lowest BCUT2D eigenvalue weighted by Gasteiger charge is -2.50. The van der Waals surface area contributed by atoms with E-state index < -0.39 is 5.41 Å². The molecule has 2 aliphatic heterocycles. The van der Waals surface area contributed by atoms with Gasteiger partial charge in [0.1, 0.15) is 5.69 Å². The Morgan fingerprint density at radius 2 is 2.04 bits per heavy atom. The van der Waals surface area contributed by atoms with Crippen molar-refractivity contribution >= 4 is 28.3 Å². The van der Waals surface area contributed by atoms with Crippen molar-refractivity contribution < 1.29 is 9.59 Å². The Labute approximate surface area is 143 Å². The summed E-state index contributed by atoms with van der Waals surface area (Å²) in [7, 11) is 0. The van der Waals surface area contributed by atoms with E-state index in [1.54, 1.807) is 4.90 Å². The number of thiazole rings is 1. The Morgan fingerprint density at radius 1 is 1.29 bits per heavy atom. The van der Waals surface area contributed by atoms with Crippen molar-refractivity contribution in [2.24, 2.45) is 5.41 Å². The van der Waals surface area contributed by atoms with Crippen LogP contribution in [0.1, 0.15) is 23.3 Å². The monoisotopic (exact) mass is 342 g/mol. The van der Waals surface area contributed by atoms with Gasteiger partial charge in [-0.15, -0.1) is 0 Å². The number of nitrogens with two attached hydrogens (primary N) is 1. The van der Waals surface area contributed by atoms with Crippen LogP contribution in [0.15, 0.2) is 30.3 Å². The highest BCUT2D eigenvalue weighted by Gasteiger charge is 2.52. The van der Waals surface area contributed by atoms with Gasteiger partial charge in [-0.25, -0.2) is 4.98 Å². The molecule has 1 aromatic heterocycles. The second-order valence-electron chi connectivity index (χ2n) is 6.40. The molecule has 24 heavy (non-hydrogen) atoms. The molecule has 3 heterocycles. The van der Waals surface area contributed by atoms with E-state index >= 15 is 0 Å². The lowest BCUT2D eigenvalue weighted by molar-refractivity contribution is -0.142. The van der Waals surface area contributed by atoms with Crippen LogP contribution in [0, 0.1) is 5.41 Å². The number of hydrogen-bond acceptors (Lipinski definition) is 5. The van der Waals surface area contributed by atoms with Crippen LogP contribution in [0.3, 0.4) is 0 Å². The van der Waals surface area contributed by atoms with Gasteiger partial charge in [-0.05, 0) is 18.4 Å². The van der Waals surface area contributed by atoms with E-state index in [9.17, 15) is 9.59 Å². The number of aromatic nitrogens is 1. The maximum atomic E-state index is 12.8. The molecule has 124 valence electrons. The Hall–Kier alpha value is -2.41. The highest BCUT2D eigenvalue weighted by Crippen LogP contribution is 2.40. The van der Waals surface area contributed by atoms with Crippen molar-refractivity contribution in [2.45, 2.75) is 12.8 Å². The molecular weight excluding hydrogens is 324 g/mol. The summed E-state index contributed by atoms with van der Waals surface area (Å²) in [6.07, 6.45) is 1.81. The van der Waals surface area contributed by atoms with E-state index in [4.69, 9.17) is 5.73 Å². The van der Waals surface area contributed by atoms with Crippen molar-refractivity contribution in [3.05, 3.63) is 36.0 Å². The molecule has 0 unspecified atom stereocenters. The third-order valence-corrected chi connectivity index (χ3v) is 5.69. The molecule has 0 bridgehead atoms. The number of nitrogen functional groups attached to an aromatic ring is 1. The van der Waals surface area contributed by atoms with Gasteiger partial charge in [0, 0.05) is 19.6 Å². The first kappa shape index (κ1) is 15.1. The van der Waals surface area contributed by atoms with Crippen LogP contribution in [0.5, 0.6) is 0 Å². The highest BCUT2D eigenvalue weighted by molar-refractivity contribution is 7.19. The van der Waals surface area contributed by atoms with Crippen LogP contribution >= 0.6 is 11.3 Å². The number of anilines is 1. The van der Waals surface area contributed by atoms with Gasteiger partial charge >= 0.3 is 0 Å². The van der Waals surface area contributed by atoms with Gasteiger partial charge < -0.3 is 16.0 Å². The predicted octanol–water partition coefficient (Wildman–Crippen LogP) is 1.74. The fourth-order valence-corrected chi connectivity index (χ4v) is 4.31. The molecule has 1 aromatic carbocycles. The van der Waals surface area contributed by atoms with Crippen molar-refractivity contribution in [2.75, 3.05) is 25.4 Å². The first-order valence-electron chi connectivity index (χ1n) is 7.98. The Kier molecular flexibility index (Phi) is 3.53. The molecule has 2 aromatic rings. The molecule has 0 aliphatic carbocycles. The molecule has 2 fully saturated rings. The standard InChI is InChI=1S/C17H18N4O2S/c18-16-20-12(13(24-16)11-5-2-1-3-6-11)14(22)21-9-17(10-21)7-4-8-19-15(17)23/h1-3,5-6H,4,7-10H2,(H2,18,20)(H,19,23). The fraction of sp³-hybridized carbons (Fsp3) is 0.353. The molecule has 0 radical (unpaired) electrons. The second-order valence-corrected chi connectivity index (χ2v) is 7.43. The maximum absolute atomic E-state index is 12.8. The molecule has 3 N–H and O–H groups in total. The summed E-state index contributed by atoms with van der Waals surface area (Å²) in [5, 5.41) is 3.28. The first-order chi connectivity index (χ1) is 11.6. The van der Waals surface area contributed by atoms with Crippen LogP contribution in [-0.2, 0) is 4.79 Å². The minimum absolute atomic E-state index is 0.0684. The van der Waals surface area contributed by atoms with E-state index in [2.05, 4.69) is 10.3 Å². The van der Waals surface area contributed by atoms with Crippen molar-refractivity contribution in [1.82, 2.24) is 15.2 Å². The average molecular weight is 342 g/mol. The van der Waals surface area contributed by atoms with E-state index in [1.807, 2.05) is 30.3 Å². The molecule has 4 rings (SSSR count). The summed E-state index contributed by atoms with van der Waals surface area (Å²) in [5.74, 6) is -0.0790. The summed E-state index contributed by atoms with van der Waals surface area (Å²) in [5.41, 5.74) is 6.76. The predicted molar refractivity (Wildman–Crippen MR) is 92.5 cm³/mol. The number of nitrogens with one attached hydrogen (secondary N) is 1. The van der Waals surface area contributed by atoms with E-state index in [0.717, 1.165) is 29.8 Å². The van der Waals surface area contributed by atoms with E-state index in [0.29, 0.717) is 23.9 Å². The van der Waals surface area contributed by atoms with Crippen molar-refractivity contribution in [3.8, 4) is 10.4 Å². The number of carbonyl (C=O) groups excluding carboxylic acids is 2. The molecule has 1 spiro atoms. The van der Waals surface area contributed by atoms with Gasteiger partial charge in [0.25, 0.3) is 5.91 Å². The number of benzene rings is 1. The third kappa shape index (κ3) is 2.36. The molecule has 2 saturated heterocycles. The van der Waals surface area contributed by atoms with Crippen molar-refractivity contribution in [1.29, 1.82) is 0 Å².